The number of nitrogens with zero attached hydrogens (tertiary/aromatic N) is 2. The van der Waals surface area contributed by atoms with Crippen molar-refractivity contribution in [2.45, 2.75) is 19.9 Å². The summed E-state index contributed by atoms with van der Waals surface area (Å²) in [5.41, 5.74) is 3.09. The molecule has 0 radical (unpaired) electrons. The second-order valence-corrected chi connectivity index (χ2v) is 6.96. The van der Waals surface area contributed by atoms with Crippen LogP contribution < -0.4 is 5.32 Å². The lowest BCUT2D eigenvalue weighted by molar-refractivity contribution is -0.117. The van der Waals surface area contributed by atoms with E-state index < -0.39 is 0 Å². The van der Waals surface area contributed by atoms with Crippen LogP contribution in [0.25, 0.3) is 10.2 Å². The molecular formula is C19H21N3OS. The number of hydrogen-bond donors (Lipinski definition) is 1. The van der Waals surface area contributed by atoms with Crippen LogP contribution >= 0.6 is 11.3 Å². The van der Waals surface area contributed by atoms with Crippen molar-refractivity contribution in [2.75, 3.05) is 18.9 Å². The Morgan fingerprint density at radius 3 is 2.83 bits per heavy atom. The number of amides is 1. The van der Waals surface area contributed by atoms with Gasteiger partial charge in [-0.25, -0.2) is 4.98 Å². The first-order valence-corrected chi connectivity index (χ1v) is 8.87. The van der Waals surface area contributed by atoms with Gasteiger partial charge in [0, 0.05) is 5.69 Å². The first kappa shape index (κ1) is 16.6. The van der Waals surface area contributed by atoms with Crippen molar-refractivity contribution in [3.05, 3.63) is 59.1 Å². The largest absolute Gasteiger partial charge is 0.325 e. The van der Waals surface area contributed by atoms with Crippen molar-refractivity contribution in [1.82, 2.24) is 9.88 Å². The minimum absolute atomic E-state index is 0.00753. The summed E-state index contributed by atoms with van der Waals surface area (Å²) >= 11 is 1.68. The summed E-state index contributed by atoms with van der Waals surface area (Å²) in [5, 5.41) is 3.99. The third-order valence-electron chi connectivity index (χ3n) is 3.78. The number of carbonyl (C=O) groups excluding carboxylic acids is 1. The summed E-state index contributed by atoms with van der Waals surface area (Å²) in [6.45, 7) is 3.11. The second-order valence-electron chi connectivity index (χ2n) is 5.85. The predicted octanol–water partition coefficient (Wildman–Crippen LogP) is 3.93. The Morgan fingerprint density at radius 2 is 2.04 bits per heavy atom. The zero-order chi connectivity index (χ0) is 16.9. The summed E-state index contributed by atoms with van der Waals surface area (Å²) in [6, 6.07) is 16.1. The Balaban J connectivity index is 1.57. The predicted molar refractivity (Wildman–Crippen MR) is 100 cm³/mol. The van der Waals surface area contributed by atoms with Gasteiger partial charge in [0.2, 0.25) is 5.91 Å². The van der Waals surface area contributed by atoms with Crippen molar-refractivity contribution in [3.8, 4) is 0 Å². The number of rotatable bonds is 6. The standard InChI is InChI=1S/C19H21N3OS/c1-3-14-7-6-8-15(11-14)20-18(23)12-22(2)13-19-21-16-9-4-5-10-17(16)24-19/h4-11H,3,12-13H2,1-2H3,(H,20,23). The molecule has 1 N–H and O–H groups in total. The van der Waals surface area contributed by atoms with Gasteiger partial charge in [0.25, 0.3) is 0 Å². The fraction of sp³-hybridized carbons (Fsp3) is 0.263. The molecule has 1 amide bonds. The van der Waals surface area contributed by atoms with Gasteiger partial charge in [-0.3, -0.25) is 9.69 Å². The molecule has 5 heteroatoms. The van der Waals surface area contributed by atoms with Gasteiger partial charge in [-0.2, -0.15) is 0 Å². The highest BCUT2D eigenvalue weighted by Gasteiger charge is 2.10. The summed E-state index contributed by atoms with van der Waals surface area (Å²) in [7, 11) is 1.94. The van der Waals surface area contributed by atoms with Gasteiger partial charge in [-0.15, -0.1) is 11.3 Å². The van der Waals surface area contributed by atoms with Crippen molar-refractivity contribution in [2.24, 2.45) is 0 Å². The van der Waals surface area contributed by atoms with Gasteiger partial charge in [0.1, 0.15) is 5.01 Å². The van der Waals surface area contributed by atoms with Crippen LogP contribution in [0, 0.1) is 0 Å². The lowest BCUT2D eigenvalue weighted by Crippen LogP contribution is -2.29. The van der Waals surface area contributed by atoms with Gasteiger partial charge in [-0.05, 0) is 43.3 Å². The molecule has 1 aromatic heterocycles. The van der Waals surface area contributed by atoms with Crippen molar-refractivity contribution in [3.63, 3.8) is 0 Å². The summed E-state index contributed by atoms with van der Waals surface area (Å²) in [5.74, 6) is -0.00753. The number of anilines is 1. The van der Waals surface area contributed by atoms with Crippen molar-refractivity contribution < 1.29 is 4.79 Å². The minimum atomic E-state index is -0.00753. The molecule has 0 aliphatic heterocycles. The van der Waals surface area contributed by atoms with Crippen molar-refractivity contribution in [1.29, 1.82) is 0 Å². The number of fused-ring (bicyclic) bond motifs is 1. The SMILES string of the molecule is CCc1cccc(NC(=O)CN(C)Cc2nc3ccccc3s2)c1. The molecule has 0 saturated carbocycles. The van der Waals surface area contributed by atoms with Crippen LogP contribution in [0.5, 0.6) is 0 Å². The fourth-order valence-electron chi connectivity index (χ4n) is 2.59. The zero-order valence-corrected chi connectivity index (χ0v) is 14.8. The Bertz CT molecular complexity index is 810. The van der Waals surface area contributed by atoms with E-state index in [1.165, 1.54) is 10.3 Å². The monoisotopic (exact) mass is 339 g/mol. The lowest BCUT2D eigenvalue weighted by atomic mass is 10.1. The molecule has 0 atom stereocenters. The molecule has 2 aromatic carbocycles. The van der Waals surface area contributed by atoms with E-state index in [0.717, 1.165) is 22.6 Å². The first-order valence-electron chi connectivity index (χ1n) is 8.06. The molecule has 24 heavy (non-hydrogen) atoms. The normalized spacial score (nSPS) is 11.1. The number of benzene rings is 2. The molecule has 0 unspecified atom stereocenters. The number of thiazole rings is 1. The van der Waals surface area contributed by atoms with Crippen LogP contribution in [-0.4, -0.2) is 29.4 Å². The second kappa shape index (κ2) is 7.55. The van der Waals surface area contributed by atoms with Gasteiger partial charge < -0.3 is 5.32 Å². The highest BCUT2D eigenvalue weighted by atomic mass is 32.1. The molecule has 0 bridgehead atoms. The van der Waals surface area contributed by atoms with Crippen LogP contribution in [0.1, 0.15) is 17.5 Å². The molecule has 4 nitrogen and oxygen atoms in total. The smallest absolute Gasteiger partial charge is 0.238 e. The maximum absolute atomic E-state index is 12.2. The van der Waals surface area contributed by atoms with Gasteiger partial charge >= 0.3 is 0 Å². The highest BCUT2D eigenvalue weighted by molar-refractivity contribution is 7.18. The summed E-state index contributed by atoms with van der Waals surface area (Å²) < 4.78 is 1.18. The third-order valence-corrected chi connectivity index (χ3v) is 4.80. The molecule has 3 rings (SSSR count). The van der Waals surface area contributed by atoms with Gasteiger partial charge in [0.15, 0.2) is 0 Å². The Hall–Kier alpha value is -2.24. The molecule has 124 valence electrons. The molecule has 0 saturated heterocycles. The number of nitrogens with one attached hydrogen (secondary N) is 1. The molecule has 3 aromatic rings. The van der Waals surface area contributed by atoms with E-state index >= 15 is 0 Å². The Kier molecular flexibility index (Phi) is 5.23. The number of hydrogen-bond acceptors (Lipinski definition) is 4. The summed E-state index contributed by atoms with van der Waals surface area (Å²) in [4.78, 5) is 18.8. The van der Waals surface area contributed by atoms with Crippen molar-refractivity contribution >= 4 is 33.1 Å². The minimum Gasteiger partial charge on any atom is -0.325 e. The van der Waals surface area contributed by atoms with Crippen LogP contribution in [0.3, 0.4) is 0 Å². The van der Waals surface area contributed by atoms with Crippen LogP contribution in [-0.2, 0) is 17.8 Å². The maximum Gasteiger partial charge on any atom is 0.238 e. The summed E-state index contributed by atoms with van der Waals surface area (Å²) in [6.07, 6.45) is 0.960. The van der Waals surface area contributed by atoms with Gasteiger partial charge in [-0.1, -0.05) is 31.2 Å². The average molecular weight is 339 g/mol. The van der Waals surface area contributed by atoms with E-state index in [1.54, 1.807) is 11.3 Å². The number of aryl methyl sites for hydroxylation is 1. The topological polar surface area (TPSA) is 45.2 Å². The Labute approximate surface area is 146 Å². The number of aromatic nitrogens is 1. The van der Waals surface area contributed by atoms with Crippen LogP contribution in [0.4, 0.5) is 5.69 Å². The fourth-order valence-corrected chi connectivity index (χ4v) is 3.64. The quantitative estimate of drug-likeness (QED) is 0.740. The lowest BCUT2D eigenvalue weighted by Gasteiger charge is -2.15. The van der Waals surface area contributed by atoms with E-state index in [1.807, 2.05) is 48.3 Å². The number of para-hydroxylation sites is 1. The van der Waals surface area contributed by atoms with E-state index in [-0.39, 0.29) is 5.91 Å². The third kappa shape index (κ3) is 4.19. The molecular weight excluding hydrogens is 318 g/mol. The molecule has 0 aliphatic carbocycles. The molecule has 1 heterocycles. The maximum atomic E-state index is 12.2. The molecule has 0 aliphatic rings. The highest BCUT2D eigenvalue weighted by Crippen LogP contribution is 2.22. The number of carbonyl (C=O) groups is 1. The average Bonchev–Trinajstić information content (AvgIpc) is 2.96. The molecule has 0 fully saturated rings. The van der Waals surface area contributed by atoms with E-state index in [4.69, 9.17) is 0 Å². The Morgan fingerprint density at radius 1 is 1.21 bits per heavy atom. The van der Waals surface area contributed by atoms with Crippen LogP contribution in [0.15, 0.2) is 48.5 Å². The van der Waals surface area contributed by atoms with E-state index in [9.17, 15) is 4.79 Å². The zero-order valence-electron chi connectivity index (χ0n) is 14.0. The van der Waals surface area contributed by atoms with E-state index in [2.05, 4.69) is 29.4 Å². The number of likely N-dealkylation sites (N-methyl/N-ethyl adjacent to an activating group) is 1. The van der Waals surface area contributed by atoms with E-state index in [0.29, 0.717) is 13.1 Å². The molecule has 0 spiro atoms. The van der Waals surface area contributed by atoms with Gasteiger partial charge in [0.05, 0.1) is 23.3 Å². The first-order chi connectivity index (χ1) is 11.6. The van der Waals surface area contributed by atoms with Crippen LogP contribution in [0.2, 0.25) is 0 Å².